The van der Waals surface area contributed by atoms with E-state index in [9.17, 15) is 9.59 Å². The number of hydrogen-bond donors (Lipinski definition) is 0. The number of hydrogen-bond acceptors (Lipinski definition) is 4. The number of ketones is 1. The van der Waals surface area contributed by atoms with Crippen molar-refractivity contribution in [3.8, 4) is 0 Å². The first-order valence-electron chi connectivity index (χ1n) is 4.03. The van der Waals surface area contributed by atoms with Crippen LogP contribution >= 0.6 is 0 Å². The van der Waals surface area contributed by atoms with E-state index in [-0.39, 0.29) is 17.1 Å². The molecule has 4 heteroatoms. The number of rotatable bonds is 2. The maximum absolute atomic E-state index is 11.4. The number of carbonyl (C=O) groups excluding carboxylic acids is 2. The molecule has 1 aliphatic heterocycles. The third kappa shape index (κ3) is 2.10. The summed E-state index contributed by atoms with van der Waals surface area (Å²) in [6.07, 6.45) is 3.99. The molecule has 0 radical (unpaired) electrons. The first-order chi connectivity index (χ1) is 6.54. The highest BCUT2D eigenvalue weighted by Crippen LogP contribution is 2.14. The van der Waals surface area contributed by atoms with Gasteiger partial charge in [-0.2, -0.15) is 0 Å². The van der Waals surface area contributed by atoms with Crippen LogP contribution in [0, 0.1) is 0 Å². The van der Waals surface area contributed by atoms with Crippen molar-refractivity contribution >= 4 is 11.8 Å². The predicted octanol–water partition coefficient (Wildman–Crippen LogP) is 0.628. The Hall–Kier alpha value is -1.84. The van der Waals surface area contributed by atoms with E-state index in [0.717, 1.165) is 0 Å². The summed E-state index contributed by atoms with van der Waals surface area (Å²) < 4.78 is 4.81. The SMILES string of the molecule is C=CC1=CC(=O)/C(=C/N(C)C)C(=O)O1. The number of nitrogens with zero attached hydrogens (tertiary/aromatic N) is 1. The normalized spacial score (nSPS) is 19.0. The Bertz CT molecular complexity index is 350. The van der Waals surface area contributed by atoms with E-state index in [1.54, 1.807) is 19.0 Å². The van der Waals surface area contributed by atoms with E-state index in [2.05, 4.69) is 6.58 Å². The molecule has 4 nitrogen and oxygen atoms in total. The molecule has 0 saturated heterocycles. The minimum Gasteiger partial charge on any atom is -0.423 e. The molecule has 74 valence electrons. The molecule has 0 unspecified atom stereocenters. The van der Waals surface area contributed by atoms with Crippen molar-refractivity contribution in [2.45, 2.75) is 0 Å². The minimum atomic E-state index is -0.638. The molecule has 0 amide bonds. The molecule has 0 bridgehead atoms. The maximum Gasteiger partial charge on any atom is 0.349 e. The lowest BCUT2D eigenvalue weighted by Crippen LogP contribution is -2.22. The van der Waals surface area contributed by atoms with Gasteiger partial charge in [-0.25, -0.2) is 4.79 Å². The molecule has 0 fully saturated rings. The Kier molecular flexibility index (Phi) is 2.86. The maximum atomic E-state index is 11.4. The second-order valence-corrected chi connectivity index (χ2v) is 3.01. The standard InChI is InChI=1S/C10H11NO3/c1-4-7-5-9(12)8(6-11(2)3)10(13)14-7/h4-6H,1H2,2-3H3/b8-6-. The first-order valence-corrected chi connectivity index (χ1v) is 4.03. The topological polar surface area (TPSA) is 46.6 Å². The number of esters is 1. The lowest BCUT2D eigenvalue weighted by Gasteiger charge is -2.13. The van der Waals surface area contributed by atoms with Crippen LogP contribution in [0.2, 0.25) is 0 Å². The summed E-state index contributed by atoms with van der Waals surface area (Å²) in [6, 6.07) is 0. The summed E-state index contributed by atoms with van der Waals surface area (Å²) in [5.74, 6) is -0.804. The Morgan fingerprint density at radius 2 is 2.07 bits per heavy atom. The van der Waals surface area contributed by atoms with E-state index in [4.69, 9.17) is 4.74 Å². The van der Waals surface area contributed by atoms with Gasteiger partial charge in [-0.1, -0.05) is 6.58 Å². The molecular formula is C10H11NO3. The lowest BCUT2D eigenvalue weighted by atomic mass is 10.1. The van der Waals surface area contributed by atoms with Crippen LogP contribution in [0.4, 0.5) is 0 Å². The highest BCUT2D eigenvalue weighted by atomic mass is 16.5. The fourth-order valence-electron chi connectivity index (χ4n) is 0.974. The van der Waals surface area contributed by atoms with Crippen molar-refractivity contribution in [1.29, 1.82) is 0 Å². The van der Waals surface area contributed by atoms with Crippen molar-refractivity contribution in [2.75, 3.05) is 14.1 Å². The van der Waals surface area contributed by atoms with Gasteiger partial charge in [0.2, 0.25) is 0 Å². The predicted molar refractivity (Wildman–Crippen MR) is 51.1 cm³/mol. The van der Waals surface area contributed by atoms with Crippen molar-refractivity contribution in [3.05, 3.63) is 36.3 Å². The smallest absolute Gasteiger partial charge is 0.349 e. The van der Waals surface area contributed by atoms with Gasteiger partial charge in [-0.15, -0.1) is 0 Å². The van der Waals surface area contributed by atoms with Crippen LogP contribution in [-0.2, 0) is 14.3 Å². The van der Waals surface area contributed by atoms with E-state index in [1.165, 1.54) is 18.4 Å². The fraction of sp³-hybridized carbons (Fsp3) is 0.200. The van der Waals surface area contributed by atoms with Gasteiger partial charge in [-0.05, 0) is 6.08 Å². The Balaban J connectivity index is 3.03. The van der Waals surface area contributed by atoms with Gasteiger partial charge >= 0.3 is 5.97 Å². The summed E-state index contributed by atoms with van der Waals surface area (Å²) in [5.41, 5.74) is 0.0283. The molecule has 1 rings (SSSR count). The zero-order valence-corrected chi connectivity index (χ0v) is 8.11. The third-order valence-corrected chi connectivity index (χ3v) is 1.56. The van der Waals surface area contributed by atoms with Crippen LogP contribution in [-0.4, -0.2) is 30.7 Å². The molecule has 1 heterocycles. The first kappa shape index (κ1) is 10.2. The Morgan fingerprint density at radius 3 is 2.50 bits per heavy atom. The quantitative estimate of drug-likeness (QED) is 0.366. The van der Waals surface area contributed by atoms with Crippen molar-refractivity contribution < 1.29 is 14.3 Å². The highest BCUT2D eigenvalue weighted by Gasteiger charge is 2.24. The molecule has 14 heavy (non-hydrogen) atoms. The van der Waals surface area contributed by atoms with Gasteiger partial charge in [0.15, 0.2) is 5.78 Å². The highest BCUT2D eigenvalue weighted by molar-refractivity contribution is 6.23. The van der Waals surface area contributed by atoms with Gasteiger partial charge in [0.05, 0.1) is 0 Å². The van der Waals surface area contributed by atoms with Crippen LogP contribution in [0.15, 0.2) is 36.3 Å². The molecule has 1 aliphatic rings. The summed E-state index contributed by atoms with van der Waals surface area (Å²) >= 11 is 0. The Morgan fingerprint density at radius 1 is 1.43 bits per heavy atom. The number of allylic oxidation sites excluding steroid dienone is 2. The molecule has 0 atom stereocenters. The monoisotopic (exact) mass is 193 g/mol. The molecule has 0 N–H and O–H groups in total. The largest absolute Gasteiger partial charge is 0.423 e. The van der Waals surface area contributed by atoms with Gasteiger partial charge < -0.3 is 9.64 Å². The summed E-state index contributed by atoms with van der Waals surface area (Å²) in [7, 11) is 3.45. The number of ether oxygens (including phenoxy) is 1. The summed E-state index contributed by atoms with van der Waals surface area (Å²) in [5, 5.41) is 0. The van der Waals surface area contributed by atoms with E-state index in [1.807, 2.05) is 0 Å². The second-order valence-electron chi connectivity index (χ2n) is 3.01. The Labute approximate surface area is 82.1 Å². The molecular weight excluding hydrogens is 182 g/mol. The fourth-order valence-corrected chi connectivity index (χ4v) is 0.974. The molecule has 0 aliphatic carbocycles. The molecule has 0 spiro atoms. The van der Waals surface area contributed by atoms with Gasteiger partial charge in [0.1, 0.15) is 11.3 Å². The van der Waals surface area contributed by atoms with Gasteiger partial charge in [0, 0.05) is 26.4 Å². The molecule has 0 saturated carbocycles. The van der Waals surface area contributed by atoms with Crippen molar-refractivity contribution in [2.24, 2.45) is 0 Å². The van der Waals surface area contributed by atoms with E-state index < -0.39 is 5.97 Å². The minimum absolute atomic E-state index is 0.0283. The second kappa shape index (κ2) is 3.91. The van der Waals surface area contributed by atoms with Crippen LogP contribution in [0.1, 0.15) is 0 Å². The number of cyclic esters (lactones) is 1. The summed E-state index contributed by atoms with van der Waals surface area (Å²) in [6.45, 7) is 3.41. The third-order valence-electron chi connectivity index (χ3n) is 1.56. The van der Waals surface area contributed by atoms with Crippen molar-refractivity contribution in [3.63, 3.8) is 0 Å². The van der Waals surface area contributed by atoms with Crippen LogP contribution in [0.25, 0.3) is 0 Å². The zero-order chi connectivity index (χ0) is 10.7. The lowest BCUT2D eigenvalue weighted by molar-refractivity contribution is -0.137. The molecule has 0 aromatic heterocycles. The molecule has 0 aromatic rings. The van der Waals surface area contributed by atoms with Crippen LogP contribution in [0.3, 0.4) is 0 Å². The van der Waals surface area contributed by atoms with E-state index in [0.29, 0.717) is 0 Å². The van der Waals surface area contributed by atoms with E-state index >= 15 is 0 Å². The average molecular weight is 193 g/mol. The van der Waals surface area contributed by atoms with Gasteiger partial charge in [0.25, 0.3) is 0 Å². The average Bonchev–Trinajstić information content (AvgIpc) is 2.10. The van der Waals surface area contributed by atoms with Crippen LogP contribution < -0.4 is 0 Å². The number of carbonyl (C=O) groups is 2. The zero-order valence-electron chi connectivity index (χ0n) is 8.11. The molecule has 0 aromatic carbocycles. The van der Waals surface area contributed by atoms with Crippen molar-refractivity contribution in [1.82, 2.24) is 4.90 Å². The van der Waals surface area contributed by atoms with Crippen LogP contribution in [0.5, 0.6) is 0 Å². The summed E-state index contributed by atoms with van der Waals surface area (Å²) in [4.78, 5) is 24.3. The van der Waals surface area contributed by atoms with Gasteiger partial charge in [-0.3, -0.25) is 4.79 Å².